The number of ether oxygens (including phenoxy) is 1. The summed E-state index contributed by atoms with van der Waals surface area (Å²) in [6, 6.07) is 12.6. The van der Waals surface area contributed by atoms with Crippen molar-refractivity contribution in [3.8, 4) is 5.75 Å². The highest BCUT2D eigenvalue weighted by molar-refractivity contribution is 6.35. The van der Waals surface area contributed by atoms with Crippen LogP contribution in [0.2, 0.25) is 10.0 Å². The zero-order chi connectivity index (χ0) is 20.3. The summed E-state index contributed by atoms with van der Waals surface area (Å²) in [4.78, 5) is 12.1. The fourth-order valence-corrected chi connectivity index (χ4v) is 3.38. The molecule has 3 aromatic rings. The molecule has 2 aromatic carbocycles. The van der Waals surface area contributed by atoms with Crippen molar-refractivity contribution in [2.45, 2.75) is 20.3 Å². The van der Waals surface area contributed by atoms with Crippen LogP contribution in [-0.2, 0) is 18.3 Å². The van der Waals surface area contributed by atoms with Gasteiger partial charge in [-0.1, -0.05) is 35.3 Å². The highest BCUT2D eigenvalue weighted by Crippen LogP contribution is 2.27. The van der Waals surface area contributed by atoms with E-state index in [9.17, 15) is 4.79 Å². The third-order valence-electron chi connectivity index (χ3n) is 4.53. The number of hydrogen-bond acceptors (Lipinski definition) is 3. The van der Waals surface area contributed by atoms with Gasteiger partial charge in [-0.15, -0.1) is 0 Å². The molecule has 1 aromatic heterocycles. The van der Waals surface area contributed by atoms with Gasteiger partial charge in [0.25, 0.3) is 5.91 Å². The van der Waals surface area contributed by atoms with Crippen molar-refractivity contribution >= 4 is 34.8 Å². The van der Waals surface area contributed by atoms with Gasteiger partial charge in [-0.05, 0) is 49.7 Å². The van der Waals surface area contributed by atoms with Gasteiger partial charge in [0.2, 0.25) is 0 Å². The first kappa shape index (κ1) is 20.2. The molecule has 0 atom stereocenters. The van der Waals surface area contributed by atoms with Gasteiger partial charge >= 0.3 is 0 Å². The van der Waals surface area contributed by atoms with E-state index in [1.807, 2.05) is 42.9 Å². The zero-order valence-electron chi connectivity index (χ0n) is 15.9. The van der Waals surface area contributed by atoms with Gasteiger partial charge in [0.1, 0.15) is 5.75 Å². The van der Waals surface area contributed by atoms with Crippen molar-refractivity contribution in [2.24, 2.45) is 7.05 Å². The highest BCUT2D eigenvalue weighted by Gasteiger charge is 2.11. The van der Waals surface area contributed by atoms with Crippen molar-refractivity contribution in [3.05, 3.63) is 75.0 Å². The highest BCUT2D eigenvalue weighted by atomic mass is 35.5. The molecule has 1 N–H and O–H groups in total. The topological polar surface area (TPSA) is 56.2 Å². The lowest BCUT2D eigenvalue weighted by molar-refractivity contribution is -0.118. The van der Waals surface area contributed by atoms with Gasteiger partial charge in [0.05, 0.1) is 10.7 Å². The maximum Gasteiger partial charge on any atom is 0.262 e. The molecule has 28 heavy (non-hydrogen) atoms. The first-order valence-corrected chi connectivity index (χ1v) is 9.55. The lowest BCUT2D eigenvalue weighted by atomic mass is 10.0. The average molecular weight is 418 g/mol. The predicted molar refractivity (Wildman–Crippen MR) is 113 cm³/mol. The summed E-state index contributed by atoms with van der Waals surface area (Å²) in [5.41, 5.74) is 5.29. The van der Waals surface area contributed by atoms with E-state index in [0.717, 1.165) is 23.4 Å². The van der Waals surface area contributed by atoms with Gasteiger partial charge in [0.15, 0.2) is 6.61 Å². The lowest BCUT2D eigenvalue weighted by Crippen LogP contribution is -2.20. The molecule has 0 bridgehead atoms. The molecule has 0 spiro atoms. The molecular formula is C21H21Cl2N3O2. The van der Waals surface area contributed by atoms with Crippen LogP contribution in [0.1, 0.15) is 22.5 Å². The number of halogens is 2. The molecule has 5 nitrogen and oxygen atoms in total. The minimum Gasteiger partial charge on any atom is -0.482 e. The molecule has 0 aliphatic carbocycles. The van der Waals surface area contributed by atoms with Crippen molar-refractivity contribution < 1.29 is 9.53 Å². The Balaban J connectivity index is 1.57. The Bertz CT molecular complexity index is 998. The molecule has 0 aliphatic rings. The van der Waals surface area contributed by atoms with E-state index >= 15 is 0 Å². The van der Waals surface area contributed by atoms with E-state index < -0.39 is 0 Å². The van der Waals surface area contributed by atoms with E-state index in [1.165, 1.54) is 5.56 Å². The molecule has 0 saturated heterocycles. The molecule has 0 unspecified atom stereocenters. The van der Waals surface area contributed by atoms with Crippen molar-refractivity contribution in [1.82, 2.24) is 9.78 Å². The number of carbonyl (C=O) groups excluding carboxylic acids is 1. The first-order valence-electron chi connectivity index (χ1n) is 8.79. The van der Waals surface area contributed by atoms with Crippen LogP contribution in [-0.4, -0.2) is 22.3 Å². The smallest absolute Gasteiger partial charge is 0.262 e. The maximum absolute atomic E-state index is 12.1. The summed E-state index contributed by atoms with van der Waals surface area (Å²) in [5.74, 6) is 0.150. The fraction of sp³-hybridized carbons (Fsp3) is 0.238. The number of carbonyl (C=O) groups is 1. The summed E-state index contributed by atoms with van der Waals surface area (Å²) in [7, 11) is 1.95. The van der Waals surface area contributed by atoms with Gasteiger partial charge in [0, 0.05) is 35.4 Å². The van der Waals surface area contributed by atoms with E-state index in [4.69, 9.17) is 27.9 Å². The number of rotatable bonds is 6. The number of aromatic nitrogens is 2. The summed E-state index contributed by atoms with van der Waals surface area (Å²) in [6.07, 6.45) is 0.803. The third-order valence-corrected chi connectivity index (χ3v) is 5.06. The molecular weight excluding hydrogens is 397 g/mol. The molecule has 0 saturated carbocycles. The normalized spacial score (nSPS) is 10.8. The fourth-order valence-electron chi connectivity index (χ4n) is 2.92. The van der Waals surface area contributed by atoms with Crippen LogP contribution in [0.3, 0.4) is 0 Å². The number of aryl methyl sites for hydroxylation is 2. The van der Waals surface area contributed by atoms with Crippen LogP contribution in [0.5, 0.6) is 5.75 Å². The number of anilines is 1. The second-order valence-electron chi connectivity index (χ2n) is 6.56. The average Bonchev–Trinajstić information content (AvgIpc) is 2.88. The maximum atomic E-state index is 12.1. The molecule has 0 radical (unpaired) electrons. The number of nitrogens with zero attached hydrogens (tertiary/aromatic N) is 2. The van der Waals surface area contributed by atoms with Crippen molar-refractivity contribution in [1.29, 1.82) is 0 Å². The molecule has 0 fully saturated rings. The second kappa shape index (κ2) is 8.67. The monoisotopic (exact) mass is 417 g/mol. The SMILES string of the molecule is Cc1nn(C)c(C)c1Cc1ccc(NC(=O)COc2ccc(Cl)cc2Cl)cc1. The molecule has 3 rings (SSSR count). The van der Waals surface area contributed by atoms with Gasteiger partial charge in [-0.2, -0.15) is 5.10 Å². The Hall–Kier alpha value is -2.50. The number of amides is 1. The summed E-state index contributed by atoms with van der Waals surface area (Å²) >= 11 is 11.9. The Morgan fingerprint density at radius 1 is 1.14 bits per heavy atom. The van der Waals surface area contributed by atoms with E-state index in [2.05, 4.69) is 17.3 Å². The lowest BCUT2D eigenvalue weighted by Gasteiger charge is -2.10. The summed E-state index contributed by atoms with van der Waals surface area (Å²) in [6.45, 7) is 3.94. The second-order valence-corrected chi connectivity index (χ2v) is 7.40. The minimum absolute atomic E-state index is 0.142. The van der Waals surface area contributed by atoms with E-state index in [0.29, 0.717) is 21.5 Å². The van der Waals surface area contributed by atoms with Crippen LogP contribution < -0.4 is 10.1 Å². The van der Waals surface area contributed by atoms with Crippen molar-refractivity contribution in [2.75, 3.05) is 11.9 Å². The molecule has 146 valence electrons. The van der Waals surface area contributed by atoms with Crippen LogP contribution in [0.15, 0.2) is 42.5 Å². The number of hydrogen-bond donors (Lipinski definition) is 1. The number of benzene rings is 2. The van der Waals surface area contributed by atoms with Crippen LogP contribution in [0.25, 0.3) is 0 Å². The van der Waals surface area contributed by atoms with Crippen LogP contribution in [0, 0.1) is 13.8 Å². The Labute approximate surface area is 174 Å². The zero-order valence-corrected chi connectivity index (χ0v) is 17.4. The minimum atomic E-state index is -0.266. The van der Waals surface area contributed by atoms with Gasteiger partial charge in [-0.3, -0.25) is 9.48 Å². The molecule has 1 heterocycles. The third kappa shape index (κ3) is 4.86. The molecule has 0 aliphatic heterocycles. The Morgan fingerprint density at radius 3 is 2.46 bits per heavy atom. The summed E-state index contributed by atoms with van der Waals surface area (Å²) in [5, 5.41) is 8.14. The van der Waals surface area contributed by atoms with Gasteiger partial charge < -0.3 is 10.1 Å². The van der Waals surface area contributed by atoms with Crippen LogP contribution >= 0.6 is 23.2 Å². The molecule has 1 amide bonds. The van der Waals surface area contributed by atoms with Crippen molar-refractivity contribution in [3.63, 3.8) is 0 Å². The summed E-state index contributed by atoms with van der Waals surface area (Å²) < 4.78 is 7.34. The van der Waals surface area contributed by atoms with Crippen LogP contribution in [0.4, 0.5) is 5.69 Å². The van der Waals surface area contributed by atoms with Gasteiger partial charge in [-0.25, -0.2) is 0 Å². The van der Waals surface area contributed by atoms with E-state index in [-0.39, 0.29) is 12.5 Å². The first-order chi connectivity index (χ1) is 13.3. The predicted octanol–water partition coefficient (Wildman–Crippen LogP) is 4.95. The van der Waals surface area contributed by atoms with E-state index in [1.54, 1.807) is 18.2 Å². The molecule has 7 heteroatoms. The largest absolute Gasteiger partial charge is 0.482 e. The Kier molecular flexibility index (Phi) is 6.27. The quantitative estimate of drug-likeness (QED) is 0.616. The Morgan fingerprint density at radius 2 is 1.86 bits per heavy atom. The standard InChI is InChI=1S/C21H21Cl2N3O2/c1-13-18(14(2)26(3)25-13)10-15-4-7-17(8-5-15)24-21(27)12-28-20-9-6-16(22)11-19(20)23/h4-9,11H,10,12H2,1-3H3,(H,24,27). The number of nitrogens with one attached hydrogen (secondary N) is 1.